The number of likely N-dealkylation sites (tertiary alicyclic amines) is 1. The minimum atomic E-state index is -4.24. The van der Waals surface area contributed by atoms with E-state index in [1.165, 1.54) is 49.8 Å². The molecule has 1 saturated heterocycles. The highest BCUT2D eigenvalue weighted by Gasteiger charge is 2.30. The van der Waals surface area contributed by atoms with Crippen LogP contribution in [0.15, 0.2) is 29.2 Å². The fraction of sp³-hybridized carbons (Fsp3) is 0.571. The van der Waals surface area contributed by atoms with Gasteiger partial charge >= 0.3 is 6.18 Å². The van der Waals surface area contributed by atoms with Crippen molar-refractivity contribution < 1.29 is 13.2 Å². The van der Waals surface area contributed by atoms with Crippen LogP contribution in [0.5, 0.6) is 0 Å². The summed E-state index contributed by atoms with van der Waals surface area (Å²) in [6.07, 6.45) is -0.658. The van der Waals surface area contributed by atoms with Gasteiger partial charge in [0.25, 0.3) is 0 Å². The van der Waals surface area contributed by atoms with Gasteiger partial charge in [0.1, 0.15) is 0 Å². The molecule has 1 aliphatic rings. The Morgan fingerprint density at radius 2 is 1.89 bits per heavy atom. The summed E-state index contributed by atoms with van der Waals surface area (Å²) in [5, 5.41) is 0. The molecule has 0 aliphatic carbocycles. The Balaban J connectivity index is 1.76. The van der Waals surface area contributed by atoms with Gasteiger partial charge in [0.15, 0.2) is 0 Å². The van der Waals surface area contributed by atoms with Crippen LogP contribution < -0.4 is 0 Å². The minimum Gasteiger partial charge on any atom is -0.303 e. The zero-order valence-electron chi connectivity index (χ0n) is 10.7. The molecule has 5 heteroatoms. The number of rotatable bonds is 5. The van der Waals surface area contributed by atoms with E-state index >= 15 is 0 Å². The Bertz CT molecular complexity index is 400. The van der Waals surface area contributed by atoms with Gasteiger partial charge in [0.05, 0.1) is 5.56 Å². The monoisotopic (exact) mass is 289 g/mol. The molecule has 1 heterocycles. The number of nitrogens with zero attached hydrogens (tertiary/aromatic N) is 1. The van der Waals surface area contributed by atoms with Crippen molar-refractivity contribution in [3.8, 4) is 0 Å². The third-order valence-corrected chi connectivity index (χ3v) is 4.33. The first kappa shape index (κ1) is 14.7. The topological polar surface area (TPSA) is 3.24 Å². The number of hydrogen-bond donors (Lipinski definition) is 0. The maximum absolute atomic E-state index is 12.5. The van der Waals surface area contributed by atoms with Gasteiger partial charge in [0, 0.05) is 4.90 Å². The highest BCUT2D eigenvalue weighted by atomic mass is 32.2. The first-order valence-corrected chi connectivity index (χ1v) is 7.57. The van der Waals surface area contributed by atoms with Crippen molar-refractivity contribution in [3.63, 3.8) is 0 Å². The molecule has 0 aromatic heterocycles. The smallest absolute Gasteiger partial charge is 0.303 e. The Kier molecular flexibility index (Phi) is 5.16. The summed E-state index contributed by atoms with van der Waals surface area (Å²) in [5.74, 6) is 0.873. The van der Waals surface area contributed by atoms with Crippen molar-refractivity contribution in [2.75, 3.05) is 25.4 Å². The number of thioether (sulfide) groups is 1. The fourth-order valence-corrected chi connectivity index (χ4v) is 3.14. The first-order valence-electron chi connectivity index (χ1n) is 6.58. The third-order valence-electron chi connectivity index (χ3n) is 3.25. The van der Waals surface area contributed by atoms with Crippen LogP contribution in [0.3, 0.4) is 0 Å². The van der Waals surface area contributed by atoms with E-state index in [0.29, 0.717) is 4.90 Å². The van der Waals surface area contributed by atoms with Crippen LogP contribution in [-0.4, -0.2) is 30.3 Å². The summed E-state index contributed by atoms with van der Waals surface area (Å²) in [7, 11) is 0. The largest absolute Gasteiger partial charge is 0.416 e. The zero-order valence-corrected chi connectivity index (χ0v) is 11.6. The predicted octanol–water partition coefficient (Wildman–Crippen LogP) is 4.28. The number of benzene rings is 1. The molecular weight excluding hydrogens is 271 g/mol. The van der Waals surface area contributed by atoms with Crippen LogP contribution in [0.1, 0.15) is 24.8 Å². The van der Waals surface area contributed by atoms with E-state index in [-0.39, 0.29) is 0 Å². The summed E-state index contributed by atoms with van der Waals surface area (Å²) < 4.78 is 37.6. The predicted molar refractivity (Wildman–Crippen MR) is 72.5 cm³/mol. The average molecular weight is 289 g/mol. The van der Waals surface area contributed by atoms with Crippen LogP contribution in [0, 0.1) is 0 Å². The lowest BCUT2D eigenvalue weighted by molar-refractivity contribution is -0.137. The zero-order chi connectivity index (χ0) is 13.7. The Morgan fingerprint density at radius 3 is 2.58 bits per heavy atom. The molecule has 2 rings (SSSR count). The summed E-state index contributed by atoms with van der Waals surface area (Å²) in [4.78, 5) is 3.13. The molecule has 1 aromatic carbocycles. The number of hydrogen-bond acceptors (Lipinski definition) is 2. The average Bonchev–Trinajstić information content (AvgIpc) is 2.87. The van der Waals surface area contributed by atoms with Crippen LogP contribution in [0.25, 0.3) is 0 Å². The molecule has 1 aromatic rings. The third kappa shape index (κ3) is 4.73. The van der Waals surface area contributed by atoms with Gasteiger partial charge in [-0.2, -0.15) is 13.2 Å². The minimum absolute atomic E-state index is 0.558. The van der Waals surface area contributed by atoms with Crippen molar-refractivity contribution in [2.45, 2.75) is 30.3 Å². The molecule has 1 nitrogen and oxygen atoms in total. The van der Waals surface area contributed by atoms with Gasteiger partial charge in [-0.3, -0.25) is 0 Å². The molecule has 0 N–H and O–H groups in total. The van der Waals surface area contributed by atoms with Gasteiger partial charge < -0.3 is 4.90 Å². The molecule has 0 unspecified atom stereocenters. The lowest BCUT2D eigenvalue weighted by atomic mass is 10.2. The second-order valence-corrected chi connectivity index (χ2v) is 5.94. The van der Waals surface area contributed by atoms with E-state index in [9.17, 15) is 13.2 Å². The fourth-order valence-electron chi connectivity index (χ4n) is 2.25. The van der Waals surface area contributed by atoms with Crippen LogP contribution >= 0.6 is 11.8 Å². The SMILES string of the molecule is FC(F)(F)c1cccc(SCCCN2CCCC2)c1. The second kappa shape index (κ2) is 6.66. The number of alkyl halides is 3. The standard InChI is InChI=1S/C14H18F3NS/c15-14(16,17)12-5-3-6-13(11-12)19-10-4-9-18-7-1-2-8-18/h3,5-6,11H,1-2,4,7-10H2. The Morgan fingerprint density at radius 1 is 1.16 bits per heavy atom. The Labute approximate surface area is 116 Å². The molecule has 0 saturated carbocycles. The number of halogens is 3. The van der Waals surface area contributed by atoms with Crippen molar-refractivity contribution in [3.05, 3.63) is 29.8 Å². The highest BCUT2D eigenvalue weighted by molar-refractivity contribution is 7.99. The van der Waals surface area contributed by atoms with Crippen molar-refractivity contribution in [1.82, 2.24) is 4.90 Å². The highest BCUT2D eigenvalue weighted by Crippen LogP contribution is 2.32. The lowest BCUT2D eigenvalue weighted by Crippen LogP contribution is -2.20. The van der Waals surface area contributed by atoms with Crippen molar-refractivity contribution >= 4 is 11.8 Å². The van der Waals surface area contributed by atoms with Gasteiger partial charge in [-0.25, -0.2) is 0 Å². The van der Waals surface area contributed by atoms with E-state index in [1.54, 1.807) is 6.07 Å². The van der Waals surface area contributed by atoms with Crippen molar-refractivity contribution in [1.29, 1.82) is 0 Å². The molecule has 1 fully saturated rings. The molecule has 106 valence electrons. The molecule has 0 radical (unpaired) electrons. The van der Waals surface area contributed by atoms with Crippen LogP contribution in [-0.2, 0) is 6.18 Å². The summed E-state index contributed by atoms with van der Waals surface area (Å²) in [6, 6.07) is 5.58. The van der Waals surface area contributed by atoms with E-state index in [4.69, 9.17) is 0 Å². The first-order chi connectivity index (χ1) is 9.05. The molecule has 0 bridgehead atoms. The van der Waals surface area contributed by atoms with E-state index in [2.05, 4.69) is 4.90 Å². The summed E-state index contributed by atoms with van der Waals surface area (Å²) >= 11 is 1.51. The molecule has 0 spiro atoms. The van der Waals surface area contributed by atoms with E-state index in [0.717, 1.165) is 24.8 Å². The molecule has 0 atom stereocenters. The van der Waals surface area contributed by atoms with E-state index < -0.39 is 11.7 Å². The quantitative estimate of drug-likeness (QED) is 0.588. The normalized spacial score (nSPS) is 17.0. The van der Waals surface area contributed by atoms with Gasteiger partial charge in [-0.1, -0.05) is 6.07 Å². The van der Waals surface area contributed by atoms with Crippen LogP contribution in [0.2, 0.25) is 0 Å². The molecule has 1 aliphatic heterocycles. The molecule has 0 amide bonds. The van der Waals surface area contributed by atoms with Crippen LogP contribution in [0.4, 0.5) is 13.2 Å². The lowest BCUT2D eigenvalue weighted by Gasteiger charge is -2.14. The maximum atomic E-state index is 12.5. The maximum Gasteiger partial charge on any atom is 0.416 e. The summed E-state index contributed by atoms with van der Waals surface area (Å²) in [6.45, 7) is 3.41. The van der Waals surface area contributed by atoms with Gasteiger partial charge in [-0.05, 0) is 62.8 Å². The van der Waals surface area contributed by atoms with E-state index in [1.807, 2.05) is 0 Å². The van der Waals surface area contributed by atoms with Gasteiger partial charge in [-0.15, -0.1) is 11.8 Å². The van der Waals surface area contributed by atoms with Crippen molar-refractivity contribution in [2.24, 2.45) is 0 Å². The second-order valence-electron chi connectivity index (χ2n) is 4.78. The van der Waals surface area contributed by atoms with Gasteiger partial charge in [0.2, 0.25) is 0 Å². The Hall–Kier alpha value is -0.680. The molecular formula is C14H18F3NS. The summed E-state index contributed by atoms with van der Waals surface area (Å²) in [5.41, 5.74) is -0.558. The molecule has 19 heavy (non-hydrogen) atoms.